The molecule has 98 valence electrons. The summed E-state index contributed by atoms with van der Waals surface area (Å²) >= 11 is 0. The normalized spacial score (nSPS) is 14.2. The molecule has 17 heavy (non-hydrogen) atoms. The molecule has 0 bridgehead atoms. The van der Waals surface area contributed by atoms with E-state index in [1.165, 1.54) is 6.26 Å². The topological polar surface area (TPSA) is 64.0 Å². The van der Waals surface area contributed by atoms with Crippen LogP contribution in [0.4, 0.5) is 0 Å². The zero-order valence-electron chi connectivity index (χ0n) is 10.8. The van der Waals surface area contributed by atoms with Gasteiger partial charge in [-0.05, 0) is 20.8 Å². The van der Waals surface area contributed by atoms with Crippen LogP contribution in [0, 0.1) is 0 Å². The Labute approximate surface area is 103 Å². The number of imidazole rings is 1. The van der Waals surface area contributed by atoms with Crippen molar-refractivity contribution in [2.24, 2.45) is 0 Å². The van der Waals surface area contributed by atoms with E-state index in [1.807, 2.05) is 6.92 Å². The van der Waals surface area contributed by atoms with Crippen LogP contribution < -0.4 is 5.32 Å². The number of hydrogen-bond acceptors (Lipinski definition) is 4. The average molecular weight is 259 g/mol. The van der Waals surface area contributed by atoms with Crippen LogP contribution in [0.15, 0.2) is 12.5 Å². The third-order valence-electron chi connectivity index (χ3n) is 2.49. The molecule has 0 aliphatic heterocycles. The van der Waals surface area contributed by atoms with E-state index in [1.54, 1.807) is 12.5 Å². The van der Waals surface area contributed by atoms with Crippen molar-refractivity contribution in [3.8, 4) is 0 Å². The van der Waals surface area contributed by atoms with Gasteiger partial charge in [0.2, 0.25) is 0 Å². The highest BCUT2D eigenvalue weighted by molar-refractivity contribution is 7.90. The smallest absolute Gasteiger partial charge is 0.148 e. The molecular weight excluding hydrogens is 238 g/mol. The second-order valence-corrected chi connectivity index (χ2v) is 6.95. The molecule has 6 heteroatoms. The lowest BCUT2D eigenvalue weighted by Crippen LogP contribution is -2.32. The lowest BCUT2D eigenvalue weighted by Gasteiger charge is -2.15. The molecule has 1 atom stereocenters. The Bertz CT molecular complexity index is 451. The Balaban J connectivity index is 2.53. The minimum absolute atomic E-state index is 0.0551. The third-order valence-corrected chi connectivity index (χ3v) is 3.59. The first kappa shape index (κ1) is 14.2. The van der Waals surface area contributed by atoms with Gasteiger partial charge >= 0.3 is 0 Å². The molecule has 0 aliphatic carbocycles. The van der Waals surface area contributed by atoms with Crippen molar-refractivity contribution in [1.29, 1.82) is 0 Å². The molecule has 0 aromatic carbocycles. The fourth-order valence-electron chi connectivity index (χ4n) is 1.73. The fraction of sp³-hybridized carbons (Fsp3) is 0.727. The second kappa shape index (κ2) is 5.64. The van der Waals surface area contributed by atoms with Gasteiger partial charge in [0.1, 0.15) is 9.84 Å². The van der Waals surface area contributed by atoms with E-state index in [0.717, 1.165) is 5.69 Å². The summed E-state index contributed by atoms with van der Waals surface area (Å²) in [7, 11) is -2.93. The van der Waals surface area contributed by atoms with Gasteiger partial charge in [-0.1, -0.05) is 0 Å². The highest BCUT2D eigenvalue weighted by atomic mass is 32.2. The van der Waals surface area contributed by atoms with Crippen LogP contribution >= 0.6 is 0 Å². The summed E-state index contributed by atoms with van der Waals surface area (Å²) in [6.07, 6.45) is 4.85. The molecule has 0 radical (unpaired) electrons. The molecular formula is C11H21N3O2S. The van der Waals surface area contributed by atoms with Crippen molar-refractivity contribution in [3.63, 3.8) is 0 Å². The number of nitrogens with one attached hydrogen (secondary N) is 1. The molecule has 0 aliphatic rings. The highest BCUT2D eigenvalue weighted by Gasteiger charge is 2.11. The summed E-state index contributed by atoms with van der Waals surface area (Å²) in [5, 5.41) is 3.20. The van der Waals surface area contributed by atoms with Gasteiger partial charge in [-0.15, -0.1) is 0 Å². The summed E-state index contributed by atoms with van der Waals surface area (Å²) in [5.41, 5.74) is 1.07. The lowest BCUT2D eigenvalue weighted by molar-refractivity contribution is 0.520. The quantitative estimate of drug-likeness (QED) is 0.827. The Morgan fingerprint density at radius 3 is 2.59 bits per heavy atom. The zero-order valence-corrected chi connectivity index (χ0v) is 11.7. The molecule has 5 nitrogen and oxygen atoms in total. The maximum atomic E-state index is 11.1. The van der Waals surface area contributed by atoms with Gasteiger partial charge in [-0.3, -0.25) is 0 Å². The summed E-state index contributed by atoms with van der Waals surface area (Å²) in [6, 6.07) is 0.306. The van der Waals surface area contributed by atoms with Crippen LogP contribution in [0.5, 0.6) is 0 Å². The van der Waals surface area contributed by atoms with E-state index in [-0.39, 0.29) is 11.8 Å². The van der Waals surface area contributed by atoms with E-state index >= 15 is 0 Å². The van der Waals surface area contributed by atoms with Crippen molar-refractivity contribution in [2.45, 2.75) is 39.4 Å². The Kier molecular flexibility index (Phi) is 4.70. The fourth-order valence-corrected chi connectivity index (χ4v) is 2.75. The molecule has 0 fully saturated rings. The summed E-state index contributed by atoms with van der Waals surface area (Å²) < 4.78 is 24.3. The van der Waals surface area contributed by atoms with Gasteiger partial charge in [0.25, 0.3) is 0 Å². The first-order valence-corrected chi connectivity index (χ1v) is 7.77. The molecule has 0 spiro atoms. The first-order chi connectivity index (χ1) is 7.79. The largest absolute Gasteiger partial charge is 0.331 e. The molecule has 0 amide bonds. The monoisotopic (exact) mass is 259 g/mol. The van der Waals surface area contributed by atoms with Crippen LogP contribution in [0.25, 0.3) is 0 Å². The van der Waals surface area contributed by atoms with Crippen molar-refractivity contribution >= 4 is 9.84 Å². The van der Waals surface area contributed by atoms with Gasteiger partial charge in [-0.25, -0.2) is 13.4 Å². The highest BCUT2D eigenvalue weighted by Crippen LogP contribution is 2.08. The summed E-state index contributed by atoms with van der Waals surface area (Å²) in [4.78, 5) is 4.10. The maximum absolute atomic E-state index is 11.1. The van der Waals surface area contributed by atoms with E-state index in [4.69, 9.17) is 0 Å². The molecule has 1 N–H and O–H groups in total. The number of aromatic nitrogens is 2. The zero-order chi connectivity index (χ0) is 13.1. The lowest BCUT2D eigenvalue weighted by atomic mass is 10.3. The maximum Gasteiger partial charge on any atom is 0.148 e. The molecule has 0 saturated heterocycles. The molecule has 1 rings (SSSR count). The van der Waals surface area contributed by atoms with E-state index in [9.17, 15) is 8.42 Å². The molecule has 0 saturated carbocycles. The number of hydrogen-bond donors (Lipinski definition) is 1. The number of nitrogens with zero attached hydrogens (tertiary/aromatic N) is 2. The summed E-state index contributed by atoms with van der Waals surface area (Å²) in [6.45, 7) is 6.68. The predicted octanol–water partition coefficient (Wildman–Crippen LogP) is 0.987. The van der Waals surface area contributed by atoms with E-state index in [0.29, 0.717) is 12.6 Å². The van der Waals surface area contributed by atoms with Crippen LogP contribution in [0.1, 0.15) is 32.5 Å². The molecule has 1 aromatic heterocycles. The van der Waals surface area contributed by atoms with Gasteiger partial charge in [0, 0.05) is 31.1 Å². The van der Waals surface area contributed by atoms with Crippen LogP contribution in [-0.4, -0.2) is 36.0 Å². The van der Waals surface area contributed by atoms with Gasteiger partial charge in [-0.2, -0.15) is 0 Å². The first-order valence-electron chi connectivity index (χ1n) is 5.71. The Morgan fingerprint density at radius 1 is 1.41 bits per heavy atom. The SMILES string of the molecule is CC(CS(C)(=O)=O)NCc1cncn1C(C)C. The molecule has 1 unspecified atom stereocenters. The molecule has 1 heterocycles. The second-order valence-electron chi connectivity index (χ2n) is 4.76. The third kappa shape index (κ3) is 4.87. The van der Waals surface area contributed by atoms with Crippen molar-refractivity contribution in [3.05, 3.63) is 18.2 Å². The van der Waals surface area contributed by atoms with Crippen LogP contribution in [0.3, 0.4) is 0 Å². The standard InChI is InChI=1S/C11H21N3O2S/c1-9(2)14-8-12-5-11(14)6-13-10(3)7-17(4,15)16/h5,8-10,13H,6-7H2,1-4H3. The number of rotatable bonds is 6. The minimum Gasteiger partial charge on any atom is -0.331 e. The van der Waals surface area contributed by atoms with Crippen molar-refractivity contribution in [2.75, 3.05) is 12.0 Å². The Hall–Kier alpha value is -0.880. The average Bonchev–Trinajstić information content (AvgIpc) is 2.59. The minimum atomic E-state index is -2.93. The van der Waals surface area contributed by atoms with Crippen molar-refractivity contribution in [1.82, 2.24) is 14.9 Å². The predicted molar refractivity (Wildman–Crippen MR) is 68.6 cm³/mol. The van der Waals surface area contributed by atoms with Crippen LogP contribution in [-0.2, 0) is 16.4 Å². The van der Waals surface area contributed by atoms with Crippen LogP contribution in [0.2, 0.25) is 0 Å². The van der Waals surface area contributed by atoms with E-state index in [2.05, 4.69) is 28.7 Å². The van der Waals surface area contributed by atoms with Gasteiger partial charge < -0.3 is 9.88 Å². The molecule has 1 aromatic rings. The Morgan fingerprint density at radius 2 is 2.06 bits per heavy atom. The van der Waals surface area contributed by atoms with E-state index < -0.39 is 9.84 Å². The summed E-state index contributed by atoms with van der Waals surface area (Å²) in [5.74, 6) is 0.156. The van der Waals surface area contributed by atoms with Crippen molar-refractivity contribution < 1.29 is 8.42 Å². The van der Waals surface area contributed by atoms with Gasteiger partial charge in [0.15, 0.2) is 0 Å². The van der Waals surface area contributed by atoms with Gasteiger partial charge in [0.05, 0.1) is 17.8 Å². The number of sulfone groups is 1.